The lowest BCUT2D eigenvalue weighted by atomic mass is 10.0. The van der Waals surface area contributed by atoms with Gasteiger partial charge in [-0.1, -0.05) is 0 Å². The summed E-state index contributed by atoms with van der Waals surface area (Å²) in [5.41, 5.74) is -0.244. The van der Waals surface area contributed by atoms with Gasteiger partial charge in [0.05, 0.1) is 6.10 Å². The summed E-state index contributed by atoms with van der Waals surface area (Å²) in [6.45, 7) is 7.18. The van der Waals surface area contributed by atoms with Crippen molar-refractivity contribution in [3.8, 4) is 0 Å². The molecule has 3 nitrogen and oxygen atoms in total. The van der Waals surface area contributed by atoms with Crippen LogP contribution in [0.2, 0.25) is 0 Å². The number of carbonyl (C=O) groups is 1. The largest absolute Gasteiger partial charge is 0.460 e. The zero-order valence-corrected chi connectivity index (χ0v) is 7.38. The Kier molecular flexibility index (Phi) is 1.92. The molecule has 1 fully saturated rings. The Bertz CT molecular complexity index is 178. The van der Waals surface area contributed by atoms with E-state index >= 15 is 0 Å². The van der Waals surface area contributed by atoms with Crippen LogP contribution in [-0.4, -0.2) is 23.8 Å². The van der Waals surface area contributed by atoms with Gasteiger partial charge < -0.3 is 9.47 Å². The highest BCUT2D eigenvalue weighted by Crippen LogP contribution is 2.39. The summed E-state index contributed by atoms with van der Waals surface area (Å²) in [5, 5.41) is 0. The summed E-state index contributed by atoms with van der Waals surface area (Å²) in [6, 6.07) is 0. The number of hydrogen-bond donors (Lipinski definition) is 0. The van der Waals surface area contributed by atoms with E-state index in [1.54, 1.807) is 0 Å². The van der Waals surface area contributed by atoms with Crippen LogP contribution in [0.15, 0.2) is 0 Å². The van der Waals surface area contributed by atoms with Crippen molar-refractivity contribution >= 4 is 5.97 Å². The van der Waals surface area contributed by atoms with E-state index in [9.17, 15) is 4.79 Å². The molecule has 0 spiro atoms. The molecule has 0 aliphatic carbocycles. The molecule has 1 rings (SSSR count). The van der Waals surface area contributed by atoms with Gasteiger partial charge in [-0.05, 0) is 20.8 Å². The third-order valence-corrected chi connectivity index (χ3v) is 2.33. The van der Waals surface area contributed by atoms with E-state index in [0.717, 1.165) is 0 Å². The Morgan fingerprint density at radius 3 is 2.45 bits per heavy atom. The zero-order valence-electron chi connectivity index (χ0n) is 7.38. The summed E-state index contributed by atoms with van der Waals surface area (Å²) >= 11 is 0. The highest BCUT2D eigenvalue weighted by Gasteiger charge is 2.54. The van der Waals surface area contributed by atoms with Crippen molar-refractivity contribution in [2.75, 3.05) is 0 Å². The average Bonchev–Trinajstić information content (AvgIpc) is 2.40. The second kappa shape index (κ2) is 2.48. The van der Waals surface area contributed by atoms with Gasteiger partial charge in [0, 0.05) is 6.92 Å². The quantitative estimate of drug-likeness (QED) is 0.446. The fourth-order valence-corrected chi connectivity index (χ4v) is 1.14. The summed E-state index contributed by atoms with van der Waals surface area (Å²) in [6.07, 6.45) is 0.0619. The maximum atomic E-state index is 10.6. The molecule has 0 amide bonds. The van der Waals surface area contributed by atoms with Gasteiger partial charge in [-0.2, -0.15) is 0 Å². The molecule has 1 aliphatic rings. The van der Waals surface area contributed by atoms with Crippen LogP contribution in [0.3, 0.4) is 0 Å². The van der Waals surface area contributed by atoms with Gasteiger partial charge in [0.15, 0.2) is 0 Å². The number of carbonyl (C=O) groups excluding carboxylic acids is 1. The van der Waals surface area contributed by atoms with Crippen LogP contribution in [0, 0.1) is 0 Å². The second-order valence-corrected chi connectivity index (χ2v) is 3.20. The third-order valence-electron chi connectivity index (χ3n) is 2.33. The molecule has 0 unspecified atom stereocenters. The van der Waals surface area contributed by atoms with Gasteiger partial charge >= 0.3 is 5.97 Å². The second-order valence-electron chi connectivity index (χ2n) is 3.20. The van der Waals surface area contributed by atoms with Gasteiger partial charge in [0.25, 0.3) is 0 Å². The summed E-state index contributed by atoms with van der Waals surface area (Å²) in [7, 11) is 0. The Balaban J connectivity index is 2.43. The molecule has 0 aromatic rings. The van der Waals surface area contributed by atoms with Crippen molar-refractivity contribution < 1.29 is 14.3 Å². The van der Waals surface area contributed by atoms with Crippen LogP contribution < -0.4 is 0 Å². The Labute approximate surface area is 66.7 Å². The molecule has 3 atom stereocenters. The van der Waals surface area contributed by atoms with Crippen LogP contribution in [0.1, 0.15) is 27.7 Å². The van der Waals surface area contributed by atoms with Gasteiger partial charge in [-0.15, -0.1) is 0 Å². The molecule has 0 saturated carbocycles. The normalized spacial score (nSPS) is 38.0. The third kappa shape index (κ3) is 1.53. The SMILES string of the molecule is CC(=O)O[C@H](C)[C@@]1(C)O[C@H]1C. The standard InChI is InChI=1S/C8H14O3/c1-5(10-7(3)9)8(4)6(2)11-8/h5-6H,1-4H3/t5-,6+,8-/m1/s1. The van der Waals surface area contributed by atoms with Crippen LogP contribution in [-0.2, 0) is 14.3 Å². The predicted molar refractivity (Wildman–Crippen MR) is 40.2 cm³/mol. The first-order chi connectivity index (χ1) is 4.97. The van der Waals surface area contributed by atoms with E-state index in [4.69, 9.17) is 9.47 Å². The van der Waals surface area contributed by atoms with Crippen LogP contribution in [0.5, 0.6) is 0 Å². The zero-order chi connectivity index (χ0) is 8.65. The minimum atomic E-state index is -0.249. The number of esters is 1. The maximum absolute atomic E-state index is 10.6. The molecule has 64 valence electrons. The molecule has 0 bridgehead atoms. The Morgan fingerprint density at radius 1 is 1.73 bits per heavy atom. The Hall–Kier alpha value is -0.570. The molecule has 1 aliphatic heterocycles. The summed E-state index contributed by atoms with van der Waals surface area (Å²) < 4.78 is 10.3. The molecule has 0 radical (unpaired) electrons. The molecular weight excluding hydrogens is 144 g/mol. The van der Waals surface area contributed by atoms with Crippen LogP contribution in [0.4, 0.5) is 0 Å². The van der Waals surface area contributed by atoms with Crippen molar-refractivity contribution in [1.82, 2.24) is 0 Å². The van der Waals surface area contributed by atoms with Gasteiger partial charge in [0.1, 0.15) is 11.7 Å². The van der Waals surface area contributed by atoms with Crippen molar-refractivity contribution in [1.29, 1.82) is 0 Å². The average molecular weight is 158 g/mol. The first kappa shape index (κ1) is 8.53. The van der Waals surface area contributed by atoms with Gasteiger partial charge in [-0.3, -0.25) is 4.79 Å². The topological polar surface area (TPSA) is 38.8 Å². The lowest BCUT2D eigenvalue weighted by molar-refractivity contribution is -0.148. The minimum absolute atomic E-state index is 0.144. The van der Waals surface area contributed by atoms with Crippen LogP contribution in [0.25, 0.3) is 0 Å². The molecule has 1 heterocycles. The number of rotatable bonds is 2. The lowest BCUT2D eigenvalue weighted by Gasteiger charge is -2.15. The smallest absolute Gasteiger partial charge is 0.302 e. The van der Waals surface area contributed by atoms with Crippen molar-refractivity contribution in [2.45, 2.75) is 45.5 Å². The number of hydrogen-bond acceptors (Lipinski definition) is 3. The fraction of sp³-hybridized carbons (Fsp3) is 0.875. The molecular formula is C8H14O3. The van der Waals surface area contributed by atoms with E-state index in [1.165, 1.54) is 6.92 Å². The Morgan fingerprint density at radius 2 is 2.18 bits per heavy atom. The van der Waals surface area contributed by atoms with E-state index in [2.05, 4.69) is 0 Å². The van der Waals surface area contributed by atoms with E-state index < -0.39 is 0 Å². The summed E-state index contributed by atoms with van der Waals surface area (Å²) in [5.74, 6) is -0.249. The molecule has 11 heavy (non-hydrogen) atoms. The predicted octanol–water partition coefficient (Wildman–Crippen LogP) is 1.12. The van der Waals surface area contributed by atoms with E-state index in [1.807, 2.05) is 20.8 Å². The highest BCUT2D eigenvalue weighted by molar-refractivity contribution is 5.66. The number of ether oxygens (including phenoxy) is 2. The lowest BCUT2D eigenvalue weighted by Crippen LogP contribution is -2.29. The highest BCUT2D eigenvalue weighted by atomic mass is 16.6. The van der Waals surface area contributed by atoms with Crippen molar-refractivity contribution in [2.24, 2.45) is 0 Å². The monoisotopic (exact) mass is 158 g/mol. The maximum Gasteiger partial charge on any atom is 0.302 e. The minimum Gasteiger partial charge on any atom is -0.460 e. The molecule has 3 heteroatoms. The first-order valence-corrected chi connectivity index (χ1v) is 3.82. The van der Waals surface area contributed by atoms with Crippen molar-refractivity contribution in [3.63, 3.8) is 0 Å². The molecule has 0 aromatic heterocycles. The molecule has 0 N–H and O–H groups in total. The number of epoxide rings is 1. The first-order valence-electron chi connectivity index (χ1n) is 3.82. The molecule has 1 saturated heterocycles. The van der Waals surface area contributed by atoms with E-state index in [-0.39, 0.29) is 23.8 Å². The molecule has 0 aromatic carbocycles. The summed E-state index contributed by atoms with van der Waals surface area (Å²) in [4.78, 5) is 10.6. The van der Waals surface area contributed by atoms with Gasteiger partial charge in [-0.25, -0.2) is 0 Å². The van der Waals surface area contributed by atoms with Gasteiger partial charge in [0.2, 0.25) is 0 Å². The van der Waals surface area contributed by atoms with Crippen LogP contribution >= 0.6 is 0 Å². The van der Waals surface area contributed by atoms with Crippen molar-refractivity contribution in [3.05, 3.63) is 0 Å². The fourth-order valence-electron chi connectivity index (χ4n) is 1.14. The van der Waals surface area contributed by atoms with E-state index in [0.29, 0.717) is 0 Å².